The third-order valence-electron chi connectivity index (χ3n) is 5.73. The Morgan fingerprint density at radius 2 is 1.66 bits per heavy atom. The molecule has 1 atom stereocenters. The number of nitrogens with zero attached hydrogens (tertiary/aromatic N) is 2. The molecule has 0 aliphatic heterocycles. The molecule has 2 amide bonds. The van der Waals surface area contributed by atoms with E-state index in [1.54, 1.807) is 13.0 Å². The quantitative estimate of drug-likeness (QED) is 0.475. The lowest BCUT2D eigenvalue weighted by molar-refractivity contribution is -0.140. The van der Waals surface area contributed by atoms with E-state index in [9.17, 15) is 22.4 Å². The van der Waals surface area contributed by atoms with Crippen LogP contribution in [0.2, 0.25) is 0 Å². The Morgan fingerprint density at radius 3 is 2.26 bits per heavy atom. The molecule has 0 aliphatic rings. The summed E-state index contributed by atoms with van der Waals surface area (Å²) in [6.07, 6.45) is 1.19. The molecule has 0 fully saturated rings. The zero-order chi connectivity index (χ0) is 26.2. The van der Waals surface area contributed by atoms with Crippen molar-refractivity contribution in [3.05, 3.63) is 65.5 Å². The lowest BCUT2D eigenvalue weighted by Crippen LogP contribution is -2.48. The predicted octanol–water partition coefficient (Wildman–Crippen LogP) is 3.87. The van der Waals surface area contributed by atoms with Crippen LogP contribution >= 0.6 is 0 Å². The van der Waals surface area contributed by atoms with Gasteiger partial charge in [0.2, 0.25) is 21.8 Å². The number of rotatable bonds is 12. The molecule has 0 heterocycles. The maximum Gasteiger partial charge on any atom is 0.242 e. The molecule has 2 rings (SSSR count). The normalized spacial score (nSPS) is 12.3. The minimum Gasteiger partial charge on any atom is -0.354 e. The average Bonchev–Trinajstić information content (AvgIpc) is 2.79. The number of amides is 2. The number of anilines is 1. The summed E-state index contributed by atoms with van der Waals surface area (Å²) in [5, 5.41) is 2.88. The first-order valence-corrected chi connectivity index (χ1v) is 13.6. The third kappa shape index (κ3) is 8.35. The summed E-state index contributed by atoms with van der Waals surface area (Å²) in [7, 11) is -3.75. The van der Waals surface area contributed by atoms with Gasteiger partial charge in [-0.15, -0.1) is 0 Å². The lowest BCUT2D eigenvalue weighted by atomic mass is 10.1. The van der Waals surface area contributed by atoms with E-state index in [1.165, 1.54) is 23.1 Å². The van der Waals surface area contributed by atoms with Crippen molar-refractivity contribution in [2.45, 2.75) is 53.1 Å². The molecule has 35 heavy (non-hydrogen) atoms. The highest BCUT2D eigenvalue weighted by atomic mass is 32.2. The van der Waals surface area contributed by atoms with E-state index < -0.39 is 21.9 Å². The molecule has 192 valence electrons. The van der Waals surface area contributed by atoms with E-state index >= 15 is 0 Å². The first-order valence-electron chi connectivity index (χ1n) is 11.8. The number of nitrogens with one attached hydrogen (secondary N) is 1. The average molecular weight is 506 g/mol. The van der Waals surface area contributed by atoms with Crippen LogP contribution in [0.1, 0.15) is 44.7 Å². The maximum atomic E-state index is 14.3. The number of para-hydroxylation sites is 1. The number of sulfonamides is 1. The SMILES string of the molecule is Cc1ccccc1CN(C(=O)CCCN(c1ccccc1F)S(C)(=O)=O)[C@@H](C)C(=O)NCC(C)C. The Balaban J connectivity index is 2.18. The highest BCUT2D eigenvalue weighted by molar-refractivity contribution is 7.92. The van der Waals surface area contributed by atoms with Gasteiger partial charge in [-0.2, -0.15) is 0 Å². The summed E-state index contributed by atoms with van der Waals surface area (Å²) >= 11 is 0. The standard InChI is InChI=1S/C26H36FN3O4S/c1-19(2)17-28-26(32)21(4)29(18-22-12-7-6-11-20(22)3)25(31)15-10-16-30(35(5,33)34)24-14-9-8-13-23(24)27/h6-9,11-14,19,21H,10,15-18H2,1-5H3,(H,28,32)/t21-/m0/s1. The summed E-state index contributed by atoms with van der Waals surface area (Å²) in [5.74, 6) is -0.903. The van der Waals surface area contributed by atoms with Crippen molar-refractivity contribution in [1.82, 2.24) is 10.2 Å². The number of carbonyl (C=O) groups is 2. The van der Waals surface area contributed by atoms with Gasteiger partial charge in [0.05, 0.1) is 11.9 Å². The van der Waals surface area contributed by atoms with Crippen molar-refractivity contribution in [2.24, 2.45) is 5.92 Å². The van der Waals surface area contributed by atoms with Gasteiger partial charge in [0.1, 0.15) is 11.9 Å². The monoisotopic (exact) mass is 505 g/mol. The molecular weight excluding hydrogens is 469 g/mol. The van der Waals surface area contributed by atoms with Crippen molar-refractivity contribution >= 4 is 27.5 Å². The lowest BCUT2D eigenvalue weighted by Gasteiger charge is -2.30. The molecule has 7 nitrogen and oxygen atoms in total. The van der Waals surface area contributed by atoms with E-state index in [-0.39, 0.29) is 49.4 Å². The molecule has 0 aliphatic carbocycles. The van der Waals surface area contributed by atoms with Crippen LogP contribution in [0.4, 0.5) is 10.1 Å². The second-order valence-corrected chi connectivity index (χ2v) is 11.1. The number of carbonyl (C=O) groups excluding carboxylic acids is 2. The number of halogens is 1. The number of aryl methyl sites for hydroxylation is 1. The molecule has 2 aromatic carbocycles. The fourth-order valence-corrected chi connectivity index (χ4v) is 4.61. The van der Waals surface area contributed by atoms with Crippen LogP contribution in [0.15, 0.2) is 48.5 Å². The first kappa shape index (κ1) is 28.3. The smallest absolute Gasteiger partial charge is 0.242 e. The number of benzene rings is 2. The summed E-state index contributed by atoms with van der Waals surface area (Å²) in [4.78, 5) is 27.6. The van der Waals surface area contributed by atoms with E-state index in [2.05, 4.69) is 5.32 Å². The highest BCUT2D eigenvalue weighted by Gasteiger charge is 2.27. The van der Waals surface area contributed by atoms with Crippen LogP contribution in [0.25, 0.3) is 0 Å². The second kappa shape index (κ2) is 12.7. The van der Waals surface area contributed by atoms with Crippen molar-refractivity contribution in [2.75, 3.05) is 23.7 Å². The van der Waals surface area contributed by atoms with Gasteiger partial charge in [0.15, 0.2) is 0 Å². The fraction of sp³-hybridized carbons (Fsp3) is 0.462. The van der Waals surface area contributed by atoms with Crippen LogP contribution in [-0.4, -0.2) is 50.5 Å². The Kier molecular flexibility index (Phi) is 10.2. The van der Waals surface area contributed by atoms with Gasteiger partial charge in [-0.3, -0.25) is 13.9 Å². The summed E-state index contributed by atoms with van der Waals surface area (Å²) in [5.41, 5.74) is 1.87. The van der Waals surface area contributed by atoms with Gasteiger partial charge in [-0.1, -0.05) is 50.2 Å². The third-order valence-corrected chi connectivity index (χ3v) is 6.91. The fourth-order valence-electron chi connectivity index (χ4n) is 3.64. The molecule has 0 bridgehead atoms. The molecule has 0 saturated heterocycles. The summed E-state index contributed by atoms with van der Waals surface area (Å²) in [6, 6.07) is 12.6. The van der Waals surface area contributed by atoms with Gasteiger partial charge >= 0.3 is 0 Å². The summed E-state index contributed by atoms with van der Waals surface area (Å²) in [6.45, 7) is 8.31. The Hall–Kier alpha value is -2.94. The van der Waals surface area contributed by atoms with Crippen molar-refractivity contribution in [3.63, 3.8) is 0 Å². The van der Waals surface area contributed by atoms with Crippen LogP contribution in [0, 0.1) is 18.7 Å². The molecule has 0 unspecified atom stereocenters. The Morgan fingerprint density at radius 1 is 1.03 bits per heavy atom. The summed E-state index contributed by atoms with van der Waals surface area (Å²) < 4.78 is 39.9. The van der Waals surface area contributed by atoms with Gasteiger partial charge < -0.3 is 10.2 Å². The zero-order valence-electron chi connectivity index (χ0n) is 21.1. The van der Waals surface area contributed by atoms with Crippen molar-refractivity contribution < 1.29 is 22.4 Å². The van der Waals surface area contributed by atoms with Crippen molar-refractivity contribution in [3.8, 4) is 0 Å². The van der Waals surface area contributed by atoms with E-state index in [4.69, 9.17) is 0 Å². The van der Waals surface area contributed by atoms with Gasteiger partial charge in [0.25, 0.3) is 0 Å². The molecule has 0 saturated carbocycles. The molecule has 0 radical (unpaired) electrons. The zero-order valence-corrected chi connectivity index (χ0v) is 21.9. The number of hydrogen-bond donors (Lipinski definition) is 1. The molecule has 9 heteroatoms. The van der Waals surface area contributed by atoms with Gasteiger partial charge in [-0.05, 0) is 49.4 Å². The van der Waals surface area contributed by atoms with Crippen LogP contribution in [0.3, 0.4) is 0 Å². The Labute approximate surface area is 208 Å². The minimum absolute atomic E-state index is 0.00809. The van der Waals surface area contributed by atoms with Crippen LogP contribution < -0.4 is 9.62 Å². The van der Waals surface area contributed by atoms with Crippen LogP contribution in [0.5, 0.6) is 0 Å². The molecular formula is C26H36FN3O4S. The van der Waals surface area contributed by atoms with E-state index in [1.807, 2.05) is 45.0 Å². The second-order valence-electron chi connectivity index (χ2n) is 9.15. The number of hydrogen-bond acceptors (Lipinski definition) is 4. The maximum absolute atomic E-state index is 14.3. The van der Waals surface area contributed by atoms with Crippen LogP contribution in [-0.2, 0) is 26.2 Å². The predicted molar refractivity (Wildman–Crippen MR) is 137 cm³/mol. The Bertz CT molecular complexity index is 1120. The molecule has 0 aromatic heterocycles. The van der Waals surface area contributed by atoms with Gasteiger partial charge in [0, 0.05) is 26.1 Å². The van der Waals surface area contributed by atoms with E-state index in [0.717, 1.165) is 21.7 Å². The topological polar surface area (TPSA) is 86.8 Å². The largest absolute Gasteiger partial charge is 0.354 e. The van der Waals surface area contributed by atoms with Crippen molar-refractivity contribution in [1.29, 1.82) is 0 Å². The molecule has 1 N–H and O–H groups in total. The molecule has 0 spiro atoms. The highest BCUT2D eigenvalue weighted by Crippen LogP contribution is 2.22. The molecule has 2 aromatic rings. The first-order chi connectivity index (χ1) is 16.4. The minimum atomic E-state index is -3.75. The van der Waals surface area contributed by atoms with Gasteiger partial charge in [-0.25, -0.2) is 12.8 Å². The van der Waals surface area contributed by atoms with E-state index in [0.29, 0.717) is 6.54 Å².